The van der Waals surface area contributed by atoms with E-state index in [1.807, 2.05) is 6.08 Å². The number of fused-ring (bicyclic) bond motifs is 3. The molecule has 4 aliphatic rings. The van der Waals surface area contributed by atoms with Crippen molar-refractivity contribution in [3.8, 4) is 0 Å². The Morgan fingerprint density at radius 2 is 1.64 bits per heavy atom. The summed E-state index contributed by atoms with van der Waals surface area (Å²) in [5.41, 5.74) is 4.24. The average Bonchev–Trinajstić information content (AvgIpc) is 2.86. The first-order valence-corrected chi connectivity index (χ1v) is 14.0. The van der Waals surface area contributed by atoms with Crippen molar-refractivity contribution in [2.45, 2.75) is 134 Å². The van der Waals surface area contributed by atoms with E-state index in [0.717, 1.165) is 38.5 Å². The summed E-state index contributed by atoms with van der Waals surface area (Å²) in [4.78, 5) is 12.0. The monoisotopic (exact) mass is 450 g/mol. The smallest absolute Gasteiger partial charge is 0.306 e. The number of unbranched alkanes of at least 4 members (excludes halogenated alkanes) is 3. The van der Waals surface area contributed by atoms with Gasteiger partial charge in [-0.25, -0.2) is 0 Å². The molecule has 0 spiro atoms. The third kappa shape index (κ3) is 5.92. The maximum Gasteiger partial charge on any atom is 0.306 e. The highest BCUT2D eigenvalue weighted by Gasteiger charge is 2.48. The fourth-order valence-electron chi connectivity index (χ4n) is 7.08. The summed E-state index contributed by atoms with van der Waals surface area (Å²) < 4.78 is 5.72. The van der Waals surface area contributed by atoms with E-state index in [-0.39, 0.29) is 12.1 Å². The van der Waals surface area contributed by atoms with E-state index in [1.54, 1.807) is 5.56 Å². The van der Waals surface area contributed by atoms with Crippen molar-refractivity contribution in [1.29, 1.82) is 0 Å². The van der Waals surface area contributed by atoms with Crippen LogP contribution < -0.4 is 0 Å². The molecule has 4 fully saturated rings. The zero-order valence-electron chi connectivity index (χ0n) is 21.1. The van der Waals surface area contributed by atoms with Crippen LogP contribution in [0.5, 0.6) is 0 Å². The molecular weight excluding hydrogens is 404 g/mol. The molecule has 0 aliphatic heterocycles. The van der Waals surface area contributed by atoms with Crippen LogP contribution in [0.4, 0.5) is 0 Å². The van der Waals surface area contributed by atoms with Crippen LogP contribution >= 0.6 is 0 Å². The Hall–Kier alpha value is -1.57. The molecule has 5 rings (SSSR count). The zero-order valence-corrected chi connectivity index (χ0v) is 21.1. The standard InChI is InChI=1S/C31H46O2/c1-3-5-7-9-29(32)33-28-16-12-26(13-17-28)25-10-14-27(15-11-25)31-22-19-30(20-23-31,21-24-31)18-8-6-4-2/h3,10-11,14-15,26,28H,1,4-9,12-13,16-24H2,2H3/t26-,28-,30?,31?. The molecular formula is C31H46O2. The summed E-state index contributed by atoms with van der Waals surface area (Å²) in [6.45, 7) is 6.04. The fraction of sp³-hybridized carbons (Fsp3) is 0.710. The van der Waals surface area contributed by atoms with Crippen molar-refractivity contribution in [2.75, 3.05) is 0 Å². The van der Waals surface area contributed by atoms with Gasteiger partial charge in [-0.1, -0.05) is 56.5 Å². The van der Waals surface area contributed by atoms with Crippen LogP contribution in [0.2, 0.25) is 0 Å². The van der Waals surface area contributed by atoms with Crippen molar-refractivity contribution in [2.24, 2.45) is 5.41 Å². The van der Waals surface area contributed by atoms with Crippen LogP contribution in [0.15, 0.2) is 36.9 Å². The van der Waals surface area contributed by atoms with Gasteiger partial charge < -0.3 is 4.74 Å². The summed E-state index contributed by atoms with van der Waals surface area (Å²) in [5.74, 6) is 0.592. The molecule has 0 N–H and O–H groups in total. The van der Waals surface area contributed by atoms with Gasteiger partial charge in [-0.2, -0.15) is 0 Å². The summed E-state index contributed by atoms with van der Waals surface area (Å²) >= 11 is 0. The molecule has 0 aromatic heterocycles. The Balaban J connectivity index is 1.26. The highest BCUT2D eigenvalue weighted by Crippen LogP contribution is 2.59. The maximum atomic E-state index is 12.0. The predicted octanol–water partition coefficient (Wildman–Crippen LogP) is 8.78. The molecule has 182 valence electrons. The summed E-state index contributed by atoms with van der Waals surface area (Å²) in [6.07, 6.45) is 22.8. The van der Waals surface area contributed by atoms with Gasteiger partial charge in [0.25, 0.3) is 0 Å². The van der Waals surface area contributed by atoms with Gasteiger partial charge in [0.2, 0.25) is 0 Å². The van der Waals surface area contributed by atoms with E-state index < -0.39 is 0 Å². The second-order valence-electron chi connectivity index (χ2n) is 11.5. The number of ether oxygens (including phenoxy) is 1. The number of rotatable bonds is 11. The largest absolute Gasteiger partial charge is 0.462 e. The van der Waals surface area contributed by atoms with E-state index >= 15 is 0 Å². The summed E-state index contributed by atoms with van der Waals surface area (Å²) in [5, 5.41) is 0. The molecule has 4 aliphatic carbocycles. The lowest BCUT2D eigenvalue weighted by Crippen LogP contribution is -2.44. The van der Waals surface area contributed by atoms with Gasteiger partial charge in [0.15, 0.2) is 0 Å². The van der Waals surface area contributed by atoms with Gasteiger partial charge >= 0.3 is 5.97 Å². The third-order valence-electron chi connectivity index (χ3n) is 9.47. The van der Waals surface area contributed by atoms with Crippen molar-refractivity contribution in [3.05, 3.63) is 48.0 Å². The van der Waals surface area contributed by atoms with E-state index in [0.29, 0.717) is 23.2 Å². The molecule has 0 saturated heterocycles. The minimum absolute atomic E-state index is 0.0294. The lowest BCUT2D eigenvalue weighted by molar-refractivity contribution is -0.150. The predicted molar refractivity (Wildman–Crippen MR) is 138 cm³/mol. The Bertz CT molecular complexity index is 744. The Labute approximate surface area is 202 Å². The molecule has 1 aromatic rings. The number of esters is 1. The highest BCUT2D eigenvalue weighted by molar-refractivity contribution is 5.69. The van der Waals surface area contributed by atoms with Crippen LogP contribution in [-0.2, 0) is 14.9 Å². The highest BCUT2D eigenvalue weighted by atomic mass is 16.5. The molecule has 0 unspecified atom stereocenters. The molecule has 4 saturated carbocycles. The van der Waals surface area contributed by atoms with Gasteiger partial charge in [0.1, 0.15) is 6.10 Å². The minimum atomic E-state index is -0.0294. The molecule has 33 heavy (non-hydrogen) atoms. The SMILES string of the molecule is C=CCCCC(=O)O[C@H]1CC[C@H](c2ccc(C34CCC(CCCCC)(CC3)CC4)cc2)CC1. The lowest BCUT2D eigenvalue weighted by Gasteiger charge is -2.54. The molecule has 2 bridgehead atoms. The summed E-state index contributed by atoms with van der Waals surface area (Å²) in [7, 11) is 0. The summed E-state index contributed by atoms with van der Waals surface area (Å²) in [6, 6.07) is 9.79. The first-order chi connectivity index (χ1) is 16.1. The molecule has 1 aromatic carbocycles. The second kappa shape index (κ2) is 11.2. The van der Waals surface area contributed by atoms with Crippen molar-refractivity contribution in [1.82, 2.24) is 0 Å². The van der Waals surface area contributed by atoms with Gasteiger partial charge in [-0.05, 0) is 111 Å². The quantitative estimate of drug-likeness (QED) is 0.191. The fourth-order valence-corrected chi connectivity index (χ4v) is 7.08. The topological polar surface area (TPSA) is 26.3 Å². The number of carbonyl (C=O) groups excluding carboxylic acids is 1. The number of carbonyl (C=O) groups is 1. The van der Waals surface area contributed by atoms with Crippen LogP contribution in [0.1, 0.15) is 133 Å². The first-order valence-electron chi connectivity index (χ1n) is 14.0. The Morgan fingerprint density at radius 1 is 0.970 bits per heavy atom. The van der Waals surface area contributed by atoms with Crippen molar-refractivity contribution < 1.29 is 9.53 Å². The molecule has 0 heterocycles. The molecule has 0 radical (unpaired) electrons. The van der Waals surface area contributed by atoms with Gasteiger partial charge in [0.05, 0.1) is 0 Å². The minimum Gasteiger partial charge on any atom is -0.462 e. The Morgan fingerprint density at radius 3 is 2.24 bits per heavy atom. The molecule has 0 amide bonds. The van der Waals surface area contributed by atoms with E-state index in [9.17, 15) is 4.79 Å². The van der Waals surface area contributed by atoms with Crippen molar-refractivity contribution in [3.63, 3.8) is 0 Å². The maximum absolute atomic E-state index is 12.0. The van der Waals surface area contributed by atoms with Crippen LogP contribution in [0, 0.1) is 5.41 Å². The number of hydrogen-bond acceptors (Lipinski definition) is 2. The van der Waals surface area contributed by atoms with Gasteiger partial charge in [-0.3, -0.25) is 4.79 Å². The van der Waals surface area contributed by atoms with Gasteiger partial charge in [0, 0.05) is 6.42 Å². The van der Waals surface area contributed by atoms with Crippen LogP contribution in [0.3, 0.4) is 0 Å². The third-order valence-corrected chi connectivity index (χ3v) is 9.47. The van der Waals surface area contributed by atoms with E-state index in [4.69, 9.17) is 4.74 Å². The number of benzene rings is 1. The zero-order chi connectivity index (χ0) is 23.2. The van der Waals surface area contributed by atoms with Crippen LogP contribution in [0.25, 0.3) is 0 Å². The lowest BCUT2D eigenvalue weighted by atomic mass is 9.51. The normalized spacial score (nSPS) is 31.3. The van der Waals surface area contributed by atoms with Crippen molar-refractivity contribution >= 4 is 5.97 Å². The average molecular weight is 451 g/mol. The number of allylic oxidation sites excluding steroid dienone is 1. The Kier molecular flexibility index (Phi) is 8.36. The van der Waals surface area contributed by atoms with Crippen LogP contribution in [-0.4, -0.2) is 12.1 Å². The van der Waals surface area contributed by atoms with E-state index in [2.05, 4.69) is 37.8 Å². The van der Waals surface area contributed by atoms with Gasteiger partial charge in [-0.15, -0.1) is 6.58 Å². The number of hydrogen-bond donors (Lipinski definition) is 0. The first kappa shape index (κ1) is 24.6. The molecule has 2 heteroatoms. The van der Waals surface area contributed by atoms with E-state index in [1.165, 1.54) is 69.8 Å². The molecule has 0 atom stereocenters. The molecule has 2 nitrogen and oxygen atoms in total. The second-order valence-corrected chi connectivity index (χ2v) is 11.5.